The lowest BCUT2D eigenvalue weighted by molar-refractivity contribution is 0.153. The summed E-state index contributed by atoms with van der Waals surface area (Å²) >= 11 is 0. The van der Waals surface area contributed by atoms with E-state index in [9.17, 15) is 9.59 Å². The predicted molar refractivity (Wildman–Crippen MR) is 149 cm³/mol. The van der Waals surface area contributed by atoms with Crippen LogP contribution in [0.5, 0.6) is 0 Å². The van der Waals surface area contributed by atoms with Gasteiger partial charge in [0, 0.05) is 24.5 Å². The Hall–Kier alpha value is -2.32. The molecule has 8 nitrogen and oxygen atoms in total. The van der Waals surface area contributed by atoms with Crippen molar-refractivity contribution in [2.45, 2.75) is 78.1 Å². The predicted octanol–water partition coefficient (Wildman–Crippen LogP) is 6.59. The van der Waals surface area contributed by atoms with Gasteiger partial charge in [-0.2, -0.15) is 0 Å². The second-order valence-electron chi connectivity index (χ2n) is 9.53. The Bertz CT molecular complexity index is 640. The molecule has 36 heavy (non-hydrogen) atoms. The van der Waals surface area contributed by atoms with E-state index in [1.807, 2.05) is 0 Å². The zero-order valence-corrected chi connectivity index (χ0v) is 23.2. The molecule has 0 aliphatic heterocycles. The van der Waals surface area contributed by atoms with E-state index < -0.39 is 12.2 Å². The van der Waals surface area contributed by atoms with Crippen molar-refractivity contribution < 1.29 is 19.1 Å². The normalized spacial score (nSPS) is 11.1. The van der Waals surface area contributed by atoms with Gasteiger partial charge < -0.3 is 19.3 Å². The van der Waals surface area contributed by atoms with Crippen molar-refractivity contribution in [3.63, 3.8) is 0 Å². The molecule has 0 radical (unpaired) electrons. The summed E-state index contributed by atoms with van der Waals surface area (Å²) in [6, 6.07) is 6.87. The molecule has 0 aliphatic carbocycles. The van der Waals surface area contributed by atoms with Crippen LogP contribution < -0.4 is 10.6 Å². The minimum absolute atomic E-state index is 0.380. The molecule has 0 heterocycles. The van der Waals surface area contributed by atoms with Gasteiger partial charge >= 0.3 is 12.2 Å². The van der Waals surface area contributed by atoms with Gasteiger partial charge in [0.1, 0.15) is 0 Å². The highest BCUT2D eigenvalue weighted by Crippen LogP contribution is 2.14. The maximum atomic E-state index is 12.0. The first kappa shape index (κ1) is 31.7. The number of nitrogens with zero attached hydrogens (tertiary/aromatic N) is 2. The molecular formula is C28H50N4O4. The molecule has 0 bridgehead atoms. The first-order valence-electron chi connectivity index (χ1n) is 13.8. The number of hydrogen-bond donors (Lipinski definition) is 2. The third kappa shape index (κ3) is 17.2. The van der Waals surface area contributed by atoms with E-state index in [4.69, 9.17) is 9.47 Å². The van der Waals surface area contributed by atoms with Crippen LogP contribution >= 0.6 is 0 Å². The zero-order chi connectivity index (χ0) is 26.4. The highest BCUT2D eigenvalue weighted by Gasteiger charge is 2.07. The molecule has 206 valence electrons. The van der Waals surface area contributed by atoms with Gasteiger partial charge in [0.25, 0.3) is 0 Å². The lowest BCUT2D eigenvalue weighted by Crippen LogP contribution is -2.23. The quantitative estimate of drug-likeness (QED) is 0.194. The molecule has 2 N–H and O–H groups in total. The first-order valence-corrected chi connectivity index (χ1v) is 13.8. The molecule has 0 fully saturated rings. The largest absolute Gasteiger partial charge is 0.449 e. The number of carbonyl (C=O) groups is 2. The van der Waals surface area contributed by atoms with Crippen molar-refractivity contribution in [3.8, 4) is 0 Å². The van der Waals surface area contributed by atoms with Crippen LogP contribution in [0.15, 0.2) is 24.3 Å². The number of anilines is 2. The number of rotatable bonds is 20. The van der Waals surface area contributed by atoms with Gasteiger partial charge in [0.15, 0.2) is 0 Å². The monoisotopic (exact) mass is 506 g/mol. The Balaban J connectivity index is 2.14. The Labute approximate surface area is 219 Å². The van der Waals surface area contributed by atoms with E-state index in [-0.39, 0.29) is 0 Å². The van der Waals surface area contributed by atoms with Crippen molar-refractivity contribution in [2.24, 2.45) is 0 Å². The van der Waals surface area contributed by atoms with Crippen molar-refractivity contribution in [1.29, 1.82) is 0 Å². The molecule has 0 aliphatic rings. The van der Waals surface area contributed by atoms with E-state index in [1.54, 1.807) is 24.3 Å². The van der Waals surface area contributed by atoms with Gasteiger partial charge in [0.2, 0.25) is 0 Å². The van der Waals surface area contributed by atoms with E-state index in [0.717, 1.165) is 39.0 Å². The molecule has 1 aromatic rings. The lowest BCUT2D eigenvalue weighted by atomic mass is 10.2. The van der Waals surface area contributed by atoms with Crippen LogP contribution in [-0.2, 0) is 9.47 Å². The summed E-state index contributed by atoms with van der Waals surface area (Å²) in [4.78, 5) is 28.6. The number of amides is 2. The Morgan fingerprint density at radius 3 is 1.33 bits per heavy atom. The van der Waals surface area contributed by atoms with E-state index >= 15 is 0 Å². The highest BCUT2D eigenvalue weighted by atomic mass is 16.6. The average Bonchev–Trinajstić information content (AvgIpc) is 2.86. The molecular weight excluding hydrogens is 456 g/mol. The third-order valence-corrected chi connectivity index (χ3v) is 6.00. The van der Waals surface area contributed by atoms with Crippen LogP contribution in [0.1, 0.15) is 78.1 Å². The standard InChI is InChI=1S/C28H50N4O4/c1-5-7-9-11-19-31(3)21-13-23-35-27(33)29-25-15-17-26(18-16-25)30-28(34)36-24-14-22-32(4)20-12-10-8-6-2/h15-18H,5-14,19-24H2,1-4H3,(H,29,33)(H,30,34). The molecule has 0 spiro atoms. The number of carbonyl (C=O) groups excluding carboxylic acids is 2. The molecule has 0 atom stereocenters. The summed E-state index contributed by atoms with van der Waals surface area (Å²) in [7, 11) is 4.21. The number of benzene rings is 1. The number of unbranched alkanes of at least 4 members (excludes halogenated alkanes) is 6. The molecule has 0 aromatic heterocycles. The highest BCUT2D eigenvalue weighted by molar-refractivity contribution is 5.87. The summed E-state index contributed by atoms with van der Waals surface area (Å²) in [6.07, 6.45) is 10.7. The smallest absolute Gasteiger partial charge is 0.411 e. The average molecular weight is 507 g/mol. The summed E-state index contributed by atoms with van der Waals surface area (Å²) in [5, 5.41) is 5.42. The van der Waals surface area contributed by atoms with Crippen molar-refractivity contribution in [2.75, 3.05) is 64.1 Å². The van der Waals surface area contributed by atoms with Crippen LogP contribution in [0, 0.1) is 0 Å². The van der Waals surface area contributed by atoms with Crippen molar-refractivity contribution in [1.82, 2.24) is 9.80 Å². The molecule has 8 heteroatoms. The molecule has 1 rings (SSSR count). The minimum atomic E-state index is -0.476. The van der Waals surface area contributed by atoms with Gasteiger partial charge in [-0.05, 0) is 77.1 Å². The molecule has 0 unspecified atom stereocenters. The fourth-order valence-electron chi connectivity index (χ4n) is 3.78. The summed E-state index contributed by atoms with van der Waals surface area (Å²) in [6.45, 7) is 9.17. The molecule has 1 aromatic carbocycles. The lowest BCUT2D eigenvalue weighted by Gasteiger charge is -2.16. The zero-order valence-electron chi connectivity index (χ0n) is 23.2. The van der Waals surface area contributed by atoms with Crippen LogP contribution in [0.2, 0.25) is 0 Å². The summed E-state index contributed by atoms with van der Waals surface area (Å²) in [5.74, 6) is 0. The van der Waals surface area contributed by atoms with Gasteiger partial charge in [-0.25, -0.2) is 9.59 Å². The summed E-state index contributed by atoms with van der Waals surface area (Å²) in [5.41, 5.74) is 1.21. The topological polar surface area (TPSA) is 83.1 Å². The van der Waals surface area contributed by atoms with Crippen molar-refractivity contribution in [3.05, 3.63) is 24.3 Å². The SMILES string of the molecule is CCCCCCN(C)CCCOC(=O)Nc1ccc(NC(=O)OCCCN(C)CCCCCC)cc1. The van der Waals surface area contributed by atoms with Crippen LogP contribution in [-0.4, -0.2) is 75.5 Å². The maximum absolute atomic E-state index is 12.0. The fraction of sp³-hybridized carbons (Fsp3) is 0.714. The first-order chi connectivity index (χ1) is 17.4. The summed E-state index contributed by atoms with van der Waals surface area (Å²) < 4.78 is 10.5. The number of hydrogen-bond acceptors (Lipinski definition) is 6. The minimum Gasteiger partial charge on any atom is -0.449 e. The second-order valence-corrected chi connectivity index (χ2v) is 9.53. The van der Waals surface area contributed by atoms with E-state index in [0.29, 0.717) is 24.6 Å². The fourth-order valence-corrected chi connectivity index (χ4v) is 3.78. The van der Waals surface area contributed by atoms with Crippen LogP contribution in [0.4, 0.5) is 21.0 Å². The molecule has 0 saturated heterocycles. The number of ether oxygens (including phenoxy) is 2. The van der Waals surface area contributed by atoms with E-state index in [1.165, 1.54) is 51.4 Å². The molecule has 0 saturated carbocycles. The van der Waals surface area contributed by atoms with Crippen LogP contribution in [0.3, 0.4) is 0 Å². The van der Waals surface area contributed by atoms with Gasteiger partial charge in [-0.15, -0.1) is 0 Å². The Morgan fingerprint density at radius 2 is 0.972 bits per heavy atom. The van der Waals surface area contributed by atoms with E-state index in [2.05, 4.69) is 48.4 Å². The molecule has 2 amide bonds. The van der Waals surface area contributed by atoms with Crippen molar-refractivity contribution >= 4 is 23.6 Å². The van der Waals surface area contributed by atoms with Gasteiger partial charge in [-0.3, -0.25) is 10.6 Å². The Kier molecular flexibility index (Phi) is 18.3. The number of nitrogens with one attached hydrogen (secondary N) is 2. The van der Waals surface area contributed by atoms with Crippen LogP contribution in [0.25, 0.3) is 0 Å². The van der Waals surface area contributed by atoms with Gasteiger partial charge in [0.05, 0.1) is 13.2 Å². The third-order valence-electron chi connectivity index (χ3n) is 6.00. The Morgan fingerprint density at radius 1 is 0.611 bits per heavy atom. The van der Waals surface area contributed by atoms with Gasteiger partial charge in [-0.1, -0.05) is 52.4 Å². The maximum Gasteiger partial charge on any atom is 0.411 e. The second kappa shape index (κ2) is 20.8.